The number of halogens is 1. The molecule has 5 nitrogen and oxygen atoms in total. The molecule has 0 bridgehead atoms. The Labute approximate surface area is 167 Å². The molecule has 2 amide bonds. The molecule has 1 aliphatic heterocycles. The van der Waals surface area contributed by atoms with Crippen LogP contribution in [0.2, 0.25) is 5.02 Å². The molecule has 1 aliphatic rings. The molecule has 0 aromatic heterocycles. The Morgan fingerprint density at radius 1 is 1.04 bits per heavy atom. The van der Waals surface area contributed by atoms with E-state index < -0.39 is 5.25 Å². The number of nitrogens with zero attached hydrogens (tertiary/aromatic N) is 1. The number of hydrogen-bond donors (Lipinski definition) is 0. The molecule has 1 heterocycles. The van der Waals surface area contributed by atoms with Crippen LogP contribution < -0.4 is 14.4 Å². The summed E-state index contributed by atoms with van der Waals surface area (Å²) in [6, 6.07) is 12.2. The van der Waals surface area contributed by atoms with Crippen LogP contribution in [0.5, 0.6) is 11.5 Å². The van der Waals surface area contributed by atoms with Crippen molar-refractivity contribution in [2.45, 2.75) is 25.5 Å². The van der Waals surface area contributed by atoms with Crippen molar-refractivity contribution in [2.75, 3.05) is 18.1 Å². The topological polar surface area (TPSA) is 55.8 Å². The SMILES string of the molecule is CCOc1ccc(C[C@H]2SC(=O)N(c3ccc(Cl)cc3)C2=O)c(OCC)c1. The molecule has 7 heteroatoms. The molecule has 0 saturated carbocycles. The number of benzene rings is 2. The van der Waals surface area contributed by atoms with Crippen molar-refractivity contribution in [1.82, 2.24) is 0 Å². The largest absolute Gasteiger partial charge is 0.494 e. The van der Waals surface area contributed by atoms with Gasteiger partial charge in [0.25, 0.3) is 5.24 Å². The smallest absolute Gasteiger partial charge is 0.293 e. The number of amides is 2. The second-order valence-electron chi connectivity index (χ2n) is 5.86. The van der Waals surface area contributed by atoms with E-state index in [1.807, 2.05) is 32.0 Å². The molecule has 0 aliphatic carbocycles. The highest BCUT2D eigenvalue weighted by Crippen LogP contribution is 2.36. The minimum Gasteiger partial charge on any atom is -0.494 e. The van der Waals surface area contributed by atoms with Crippen molar-refractivity contribution < 1.29 is 19.1 Å². The quantitative estimate of drug-likeness (QED) is 0.652. The number of hydrogen-bond acceptors (Lipinski definition) is 5. The van der Waals surface area contributed by atoms with Gasteiger partial charge in [-0.05, 0) is 56.2 Å². The van der Waals surface area contributed by atoms with Crippen molar-refractivity contribution in [2.24, 2.45) is 0 Å². The highest BCUT2D eigenvalue weighted by atomic mass is 35.5. The van der Waals surface area contributed by atoms with Crippen molar-refractivity contribution in [1.29, 1.82) is 0 Å². The molecule has 2 aromatic carbocycles. The zero-order chi connectivity index (χ0) is 19.4. The van der Waals surface area contributed by atoms with Gasteiger partial charge in [-0.1, -0.05) is 29.4 Å². The molecule has 2 aromatic rings. The summed E-state index contributed by atoms with van der Waals surface area (Å²) in [4.78, 5) is 26.4. The van der Waals surface area contributed by atoms with Crippen molar-refractivity contribution in [3.05, 3.63) is 53.1 Å². The Morgan fingerprint density at radius 2 is 1.74 bits per heavy atom. The van der Waals surface area contributed by atoms with Crippen LogP contribution in [0.3, 0.4) is 0 Å². The summed E-state index contributed by atoms with van der Waals surface area (Å²) in [5, 5.41) is -0.223. The highest BCUT2D eigenvalue weighted by Gasteiger charge is 2.40. The Kier molecular flexibility index (Phi) is 6.29. The van der Waals surface area contributed by atoms with E-state index in [1.165, 1.54) is 4.90 Å². The van der Waals surface area contributed by atoms with Crippen LogP contribution in [-0.2, 0) is 11.2 Å². The Bertz CT molecular complexity index is 840. The van der Waals surface area contributed by atoms with Gasteiger partial charge in [-0.2, -0.15) is 0 Å². The molecule has 1 fully saturated rings. The van der Waals surface area contributed by atoms with Crippen molar-refractivity contribution in [3.8, 4) is 11.5 Å². The maximum absolute atomic E-state index is 12.8. The first kappa shape index (κ1) is 19.6. The minimum absolute atomic E-state index is 0.233. The lowest BCUT2D eigenvalue weighted by atomic mass is 10.1. The Balaban J connectivity index is 1.81. The number of imide groups is 1. The number of carbonyl (C=O) groups excluding carboxylic acids is 2. The average Bonchev–Trinajstić information content (AvgIpc) is 2.92. The fraction of sp³-hybridized carbons (Fsp3) is 0.300. The second kappa shape index (κ2) is 8.67. The molecule has 142 valence electrons. The van der Waals surface area contributed by atoms with E-state index in [1.54, 1.807) is 24.3 Å². The van der Waals surface area contributed by atoms with Crippen LogP contribution in [-0.4, -0.2) is 29.6 Å². The summed E-state index contributed by atoms with van der Waals surface area (Å²) < 4.78 is 11.2. The summed E-state index contributed by atoms with van der Waals surface area (Å²) in [6.07, 6.45) is 0.404. The third-order valence-corrected chi connectivity index (χ3v) is 5.35. The maximum atomic E-state index is 12.8. The van der Waals surface area contributed by atoms with Crippen LogP contribution >= 0.6 is 23.4 Å². The lowest BCUT2D eigenvalue weighted by molar-refractivity contribution is -0.117. The molecule has 3 rings (SSSR count). The van der Waals surface area contributed by atoms with Crippen LogP contribution in [0.4, 0.5) is 10.5 Å². The van der Waals surface area contributed by atoms with Gasteiger partial charge in [-0.25, -0.2) is 4.90 Å². The predicted octanol–water partition coefficient (Wildman–Crippen LogP) is 4.95. The van der Waals surface area contributed by atoms with E-state index in [0.717, 1.165) is 17.3 Å². The first-order valence-electron chi connectivity index (χ1n) is 8.72. The van der Waals surface area contributed by atoms with Gasteiger partial charge in [0.1, 0.15) is 11.5 Å². The monoisotopic (exact) mass is 405 g/mol. The van der Waals surface area contributed by atoms with Crippen LogP contribution in [0.15, 0.2) is 42.5 Å². The van der Waals surface area contributed by atoms with Crippen molar-refractivity contribution >= 4 is 40.2 Å². The standard InChI is InChI=1S/C20H20ClNO4S/c1-3-25-16-10-5-13(17(12-16)26-4-2)11-18-19(23)22(20(24)27-18)15-8-6-14(21)7-9-15/h5-10,12,18H,3-4,11H2,1-2H3/t18-/m1/s1. The molecule has 0 radical (unpaired) electrons. The predicted molar refractivity (Wildman–Crippen MR) is 108 cm³/mol. The van der Waals surface area contributed by atoms with Gasteiger partial charge >= 0.3 is 0 Å². The van der Waals surface area contributed by atoms with E-state index in [9.17, 15) is 9.59 Å². The van der Waals surface area contributed by atoms with E-state index in [4.69, 9.17) is 21.1 Å². The fourth-order valence-corrected chi connectivity index (χ4v) is 4.00. The number of thioether (sulfide) groups is 1. The zero-order valence-electron chi connectivity index (χ0n) is 15.1. The van der Waals surface area contributed by atoms with Crippen LogP contribution in [0.25, 0.3) is 0 Å². The van der Waals surface area contributed by atoms with Gasteiger partial charge in [0.05, 0.1) is 24.2 Å². The zero-order valence-corrected chi connectivity index (χ0v) is 16.7. The number of rotatable bonds is 7. The van der Waals surface area contributed by atoms with Gasteiger partial charge in [0.15, 0.2) is 0 Å². The number of carbonyl (C=O) groups is 2. The van der Waals surface area contributed by atoms with Gasteiger partial charge in [0, 0.05) is 11.1 Å². The number of ether oxygens (including phenoxy) is 2. The average molecular weight is 406 g/mol. The molecule has 0 spiro atoms. The van der Waals surface area contributed by atoms with Gasteiger partial charge < -0.3 is 9.47 Å². The van der Waals surface area contributed by atoms with Gasteiger partial charge in [0.2, 0.25) is 5.91 Å². The van der Waals surface area contributed by atoms with Gasteiger partial charge in [-0.15, -0.1) is 0 Å². The lowest BCUT2D eigenvalue weighted by Gasteiger charge is -2.16. The first-order valence-corrected chi connectivity index (χ1v) is 9.98. The lowest BCUT2D eigenvalue weighted by Crippen LogP contribution is -2.32. The molecule has 1 saturated heterocycles. The molecule has 0 N–H and O–H groups in total. The molecular formula is C20H20ClNO4S. The summed E-state index contributed by atoms with van der Waals surface area (Å²) >= 11 is 6.93. The molecule has 1 atom stereocenters. The van der Waals surface area contributed by atoms with Gasteiger partial charge in [-0.3, -0.25) is 9.59 Å². The summed E-state index contributed by atoms with van der Waals surface area (Å²) in [5.41, 5.74) is 1.40. The fourth-order valence-electron chi connectivity index (χ4n) is 2.86. The molecule has 0 unspecified atom stereocenters. The van der Waals surface area contributed by atoms with Crippen LogP contribution in [0.1, 0.15) is 19.4 Å². The Hall–Kier alpha value is -2.18. The molecular weight excluding hydrogens is 386 g/mol. The summed E-state index contributed by atoms with van der Waals surface area (Å²) in [7, 11) is 0. The van der Waals surface area contributed by atoms with Crippen molar-refractivity contribution in [3.63, 3.8) is 0 Å². The third-order valence-electron chi connectivity index (χ3n) is 4.06. The summed E-state index contributed by atoms with van der Waals surface area (Å²) in [5.74, 6) is 1.16. The minimum atomic E-state index is -0.495. The van der Waals surface area contributed by atoms with E-state index in [0.29, 0.717) is 41.8 Å². The highest BCUT2D eigenvalue weighted by molar-refractivity contribution is 8.15. The number of anilines is 1. The first-order chi connectivity index (χ1) is 13.0. The summed E-state index contributed by atoms with van der Waals surface area (Å²) in [6.45, 7) is 4.88. The van der Waals surface area contributed by atoms with Crippen LogP contribution in [0, 0.1) is 0 Å². The van der Waals surface area contributed by atoms with E-state index in [2.05, 4.69) is 0 Å². The molecule has 27 heavy (non-hydrogen) atoms. The van der Waals surface area contributed by atoms with E-state index in [-0.39, 0.29) is 11.1 Å². The Morgan fingerprint density at radius 3 is 2.41 bits per heavy atom. The normalized spacial score (nSPS) is 16.7. The maximum Gasteiger partial charge on any atom is 0.293 e. The van der Waals surface area contributed by atoms with E-state index >= 15 is 0 Å². The third kappa shape index (κ3) is 4.39. The second-order valence-corrected chi connectivity index (χ2v) is 7.45.